The van der Waals surface area contributed by atoms with Gasteiger partial charge in [0.2, 0.25) is 0 Å². The minimum atomic E-state index is -0.0242. The van der Waals surface area contributed by atoms with Gasteiger partial charge in [-0.1, -0.05) is 34.8 Å². The van der Waals surface area contributed by atoms with Crippen molar-refractivity contribution in [2.24, 2.45) is 13.0 Å². The summed E-state index contributed by atoms with van der Waals surface area (Å²) in [5.41, 5.74) is 3.31. The zero-order chi connectivity index (χ0) is 23.5. The first-order valence-corrected chi connectivity index (χ1v) is 12.0. The van der Waals surface area contributed by atoms with Crippen LogP contribution in [-0.4, -0.2) is 67.2 Å². The smallest absolute Gasteiger partial charge is 0.272 e. The molecule has 0 N–H and O–H groups in total. The Morgan fingerprint density at radius 2 is 1.88 bits per heavy atom. The van der Waals surface area contributed by atoms with E-state index in [1.54, 1.807) is 11.7 Å². The van der Waals surface area contributed by atoms with Crippen LogP contribution in [0.25, 0.3) is 0 Å². The fraction of sp³-hybridized carbons (Fsp3) is 0.458. The van der Waals surface area contributed by atoms with Crippen molar-refractivity contribution in [1.82, 2.24) is 29.2 Å². The Labute approximate surface area is 198 Å². The summed E-state index contributed by atoms with van der Waals surface area (Å²) in [7, 11) is 3.70. The van der Waals surface area contributed by atoms with Crippen molar-refractivity contribution >= 4 is 23.3 Å². The zero-order valence-corrected chi connectivity index (χ0v) is 20.4. The van der Waals surface area contributed by atoms with Gasteiger partial charge in [0.25, 0.3) is 11.8 Å². The molecule has 1 saturated heterocycles. The molecule has 0 spiro atoms. The fourth-order valence-electron chi connectivity index (χ4n) is 4.68. The van der Waals surface area contributed by atoms with Gasteiger partial charge in [-0.3, -0.25) is 14.3 Å². The number of likely N-dealkylation sites (tertiary alicyclic amines) is 1. The number of rotatable bonds is 6. The van der Waals surface area contributed by atoms with E-state index in [0.29, 0.717) is 35.3 Å². The fourth-order valence-corrected chi connectivity index (χ4v) is 5.30. The lowest BCUT2D eigenvalue weighted by Crippen LogP contribution is -2.48. The molecule has 2 aromatic heterocycles. The van der Waals surface area contributed by atoms with Crippen molar-refractivity contribution in [3.63, 3.8) is 0 Å². The zero-order valence-electron chi connectivity index (χ0n) is 19.6. The third-order valence-electron chi connectivity index (χ3n) is 6.54. The first kappa shape index (κ1) is 23.1. The number of amides is 2. The number of benzene rings is 1. The highest BCUT2D eigenvalue weighted by Gasteiger charge is 2.34. The van der Waals surface area contributed by atoms with E-state index in [-0.39, 0.29) is 17.9 Å². The van der Waals surface area contributed by atoms with Crippen LogP contribution in [-0.2, 0) is 13.5 Å². The summed E-state index contributed by atoms with van der Waals surface area (Å²) < 4.78 is 5.55. The van der Waals surface area contributed by atoms with Gasteiger partial charge in [-0.05, 0) is 62.2 Å². The largest absolute Gasteiger partial charge is 0.338 e. The number of aryl methyl sites for hydroxylation is 3. The van der Waals surface area contributed by atoms with Crippen LogP contribution >= 0.6 is 11.5 Å². The minimum Gasteiger partial charge on any atom is -0.338 e. The molecule has 0 unspecified atom stereocenters. The summed E-state index contributed by atoms with van der Waals surface area (Å²) >= 11 is 1.16. The number of likely N-dealkylation sites (N-methyl/N-ethyl adjacent to an activating group) is 1. The second-order valence-electron chi connectivity index (χ2n) is 8.78. The number of aromatic nitrogens is 4. The standard InChI is InChI=1S/C24H30N6O2S/c1-16-14-21(29(4)26-16)23(31)28(3)20(15-18-8-6-5-7-9-18)19-10-12-30(13-11-19)24(32)22-17(2)25-27-33-22/h5-9,14,19-20H,10-13,15H2,1-4H3/t20-/m0/s1. The minimum absolute atomic E-state index is 0.00958. The molecule has 0 bridgehead atoms. The Balaban J connectivity index is 1.51. The predicted octanol–water partition coefficient (Wildman–Crippen LogP) is 3.12. The van der Waals surface area contributed by atoms with Gasteiger partial charge < -0.3 is 9.80 Å². The quantitative estimate of drug-likeness (QED) is 0.557. The third-order valence-corrected chi connectivity index (χ3v) is 7.36. The highest BCUT2D eigenvalue weighted by molar-refractivity contribution is 7.07. The Morgan fingerprint density at radius 1 is 1.18 bits per heavy atom. The van der Waals surface area contributed by atoms with Gasteiger partial charge >= 0.3 is 0 Å². The van der Waals surface area contributed by atoms with Crippen LogP contribution < -0.4 is 0 Å². The van der Waals surface area contributed by atoms with Crippen LogP contribution in [0, 0.1) is 19.8 Å². The van der Waals surface area contributed by atoms with E-state index in [0.717, 1.165) is 36.5 Å². The number of nitrogens with zero attached hydrogens (tertiary/aromatic N) is 6. The molecule has 1 aliphatic heterocycles. The van der Waals surface area contributed by atoms with Gasteiger partial charge in [-0.25, -0.2) is 0 Å². The summed E-state index contributed by atoms with van der Waals surface area (Å²) in [5, 5.41) is 8.32. The highest BCUT2D eigenvalue weighted by Crippen LogP contribution is 2.28. The van der Waals surface area contributed by atoms with E-state index in [9.17, 15) is 9.59 Å². The Hall–Kier alpha value is -3.07. The molecular weight excluding hydrogens is 436 g/mol. The highest BCUT2D eigenvalue weighted by atomic mass is 32.1. The van der Waals surface area contributed by atoms with Gasteiger partial charge in [-0.15, -0.1) is 5.10 Å². The number of carbonyl (C=O) groups is 2. The molecular formula is C24H30N6O2S. The van der Waals surface area contributed by atoms with Crippen LogP contribution in [0.15, 0.2) is 36.4 Å². The number of hydrogen-bond acceptors (Lipinski definition) is 6. The maximum atomic E-state index is 13.4. The van der Waals surface area contributed by atoms with Crippen molar-refractivity contribution in [1.29, 1.82) is 0 Å². The molecule has 1 atom stereocenters. The summed E-state index contributed by atoms with van der Waals surface area (Å²) in [4.78, 5) is 30.7. The third kappa shape index (κ3) is 4.98. The second kappa shape index (κ2) is 9.82. The average Bonchev–Trinajstić information content (AvgIpc) is 3.41. The number of carbonyl (C=O) groups excluding carboxylic acids is 2. The van der Waals surface area contributed by atoms with E-state index < -0.39 is 0 Å². The molecule has 2 amide bonds. The van der Waals surface area contributed by atoms with Crippen molar-refractivity contribution in [3.05, 3.63) is 63.9 Å². The van der Waals surface area contributed by atoms with Gasteiger partial charge in [-0.2, -0.15) is 5.10 Å². The molecule has 33 heavy (non-hydrogen) atoms. The maximum Gasteiger partial charge on any atom is 0.272 e. The molecule has 1 aliphatic rings. The summed E-state index contributed by atoms with van der Waals surface area (Å²) in [6.07, 6.45) is 2.46. The molecule has 3 aromatic rings. The Kier molecular flexibility index (Phi) is 6.88. The van der Waals surface area contributed by atoms with Crippen LogP contribution in [0.5, 0.6) is 0 Å². The van der Waals surface area contributed by atoms with Crippen LogP contribution in [0.2, 0.25) is 0 Å². The van der Waals surface area contributed by atoms with E-state index in [4.69, 9.17) is 0 Å². The lowest BCUT2D eigenvalue weighted by molar-refractivity contribution is 0.0518. The Bertz CT molecular complexity index is 1120. The predicted molar refractivity (Wildman–Crippen MR) is 127 cm³/mol. The summed E-state index contributed by atoms with van der Waals surface area (Å²) in [5.74, 6) is 0.275. The van der Waals surface area contributed by atoms with Crippen molar-refractivity contribution in [2.75, 3.05) is 20.1 Å². The van der Waals surface area contributed by atoms with Crippen LogP contribution in [0.3, 0.4) is 0 Å². The number of piperidine rings is 1. The van der Waals surface area contributed by atoms with E-state index >= 15 is 0 Å². The van der Waals surface area contributed by atoms with Gasteiger partial charge in [0.1, 0.15) is 10.6 Å². The Morgan fingerprint density at radius 3 is 2.45 bits per heavy atom. The first-order chi connectivity index (χ1) is 15.8. The normalized spacial score (nSPS) is 15.5. The molecule has 1 fully saturated rings. The van der Waals surface area contributed by atoms with Crippen LogP contribution in [0.1, 0.15) is 50.0 Å². The molecule has 8 nitrogen and oxygen atoms in total. The molecule has 0 radical (unpaired) electrons. The lowest BCUT2D eigenvalue weighted by atomic mass is 9.84. The first-order valence-electron chi connectivity index (χ1n) is 11.2. The topological polar surface area (TPSA) is 84.2 Å². The van der Waals surface area contributed by atoms with Crippen molar-refractivity contribution in [2.45, 2.75) is 39.2 Å². The van der Waals surface area contributed by atoms with E-state index in [2.05, 4.69) is 26.8 Å². The molecule has 4 rings (SSSR count). The maximum absolute atomic E-state index is 13.4. The van der Waals surface area contributed by atoms with Gasteiger partial charge in [0.05, 0.1) is 11.4 Å². The van der Waals surface area contributed by atoms with E-state index in [1.807, 2.05) is 55.0 Å². The molecule has 174 valence electrons. The summed E-state index contributed by atoms with van der Waals surface area (Å²) in [6, 6.07) is 12.2. The van der Waals surface area contributed by atoms with Crippen LogP contribution in [0.4, 0.5) is 0 Å². The summed E-state index contributed by atoms with van der Waals surface area (Å²) in [6.45, 7) is 5.05. The molecule has 9 heteroatoms. The van der Waals surface area contributed by atoms with Gasteiger partial charge in [0, 0.05) is 33.2 Å². The molecule has 1 aromatic carbocycles. The molecule has 3 heterocycles. The second-order valence-corrected chi connectivity index (χ2v) is 9.54. The SMILES string of the molecule is Cc1cc(C(=O)N(C)[C@@H](Cc2ccccc2)C2CCN(C(=O)c3snnc3C)CC2)n(C)n1. The van der Waals surface area contributed by atoms with Crippen molar-refractivity contribution < 1.29 is 9.59 Å². The number of hydrogen-bond donors (Lipinski definition) is 0. The molecule has 0 saturated carbocycles. The lowest BCUT2D eigenvalue weighted by Gasteiger charge is -2.40. The van der Waals surface area contributed by atoms with Gasteiger partial charge in [0.15, 0.2) is 0 Å². The molecule has 0 aliphatic carbocycles. The van der Waals surface area contributed by atoms with Crippen molar-refractivity contribution in [3.8, 4) is 0 Å². The average molecular weight is 467 g/mol. The monoisotopic (exact) mass is 466 g/mol. The van der Waals surface area contributed by atoms with E-state index in [1.165, 1.54) is 5.56 Å².